The van der Waals surface area contributed by atoms with Crippen LogP contribution < -0.4 is 11.1 Å². The Balaban J connectivity index is 2.31. The molecule has 0 bridgehead atoms. The summed E-state index contributed by atoms with van der Waals surface area (Å²) >= 11 is 1.55. The van der Waals surface area contributed by atoms with E-state index in [1.165, 1.54) is 6.92 Å². The lowest BCUT2D eigenvalue weighted by Crippen LogP contribution is -2.42. The first kappa shape index (κ1) is 14.2. The predicted octanol–water partition coefficient (Wildman–Crippen LogP) is 0.807. The second-order valence-electron chi connectivity index (χ2n) is 3.62. The monoisotopic (exact) mass is 270 g/mol. The van der Waals surface area contributed by atoms with Gasteiger partial charge in [-0.15, -0.1) is 0 Å². The number of rotatable bonds is 5. The maximum Gasteiger partial charge on any atom is 0.318 e. The number of carbonyl (C=O) groups is 3. The largest absolute Gasteiger partial charge is 0.453 e. The van der Waals surface area contributed by atoms with E-state index >= 15 is 0 Å². The van der Waals surface area contributed by atoms with Crippen LogP contribution in [-0.2, 0) is 20.7 Å². The molecule has 1 rings (SSSR count). The van der Waals surface area contributed by atoms with Crippen LogP contribution in [-0.4, -0.2) is 24.0 Å². The van der Waals surface area contributed by atoms with E-state index in [2.05, 4.69) is 0 Å². The molecule has 18 heavy (non-hydrogen) atoms. The highest BCUT2D eigenvalue weighted by Gasteiger charge is 2.18. The molecule has 1 atom stereocenters. The summed E-state index contributed by atoms with van der Waals surface area (Å²) in [6.45, 7) is 1.38. The van der Waals surface area contributed by atoms with Crippen molar-refractivity contribution in [1.82, 2.24) is 5.32 Å². The second kappa shape index (κ2) is 6.75. The first-order valence-corrected chi connectivity index (χ1v) is 6.24. The number of nitrogens with two attached hydrogens (primary N) is 1. The fraction of sp³-hybridized carbons (Fsp3) is 0.364. The Morgan fingerprint density at radius 2 is 2.22 bits per heavy atom. The molecule has 0 saturated heterocycles. The van der Waals surface area contributed by atoms with E-state index in [0.29, 0.717) is 6.42 Å². The Kier molecular flexibility index (Phi) is 5.31. The number of esters is 1. The Hall–Kier alpha value is -1.89. The van der Waals surface area contributed by atoms with Gasteiger partial charge in [-0.3, -0.25) is 14.9 Å². The Labute approximate surface area is 108 Å². The van der Waals surface area contributed by atoms with E-state index in [1.807, 2.05) is 22.1 Å². The molecule has 1 aromatic rings. The van der Waals surface area contributed by atoms with Crippen LogP contribution in [0, 0.1) is 0 Å². The molecule has 3 N–H and O–H groups in total. The normalized spacial score (nSPS) is 11.6. The zero-order chi connectivity index (χ0) is 13.5. The van der Waals surface area contributed by atoms with Crippen molar-refractivity contribution in [2.24, 2.45) is 5.73 Å². The molecule has 1 heterocycles. The van der Waals surface area contributed by atoms with Crippen LogP contribution in [0.5, 0.6) is 0 Å². The van der Waals surface area contributed by atoms with Crippen LogP contribution in [0.25, 0.3) is 0 Å². The lowest BCUT2D eigenvalue weighted by Gasteiger charge is -2.11. The predicted molar refractivity (Wildman–Crippen MR) is 65.9 cm³/mol. The topological polar surface area (TPSA) is 98.5 Å². The number of hydrogen-bond acceptors (Lipinski definition) is 5. The van der Waals surface area contributed by atoms with Gasteiger partial charge in [-0.05, 0) is 35.7 Å². The molecule has 3 amide bonds. The first-order valence-electron chi connectivity index (χ1n) is 5.30. The van der Waals surface area contributed by atoms with E-state index in [0.717, 1.165) is 5.56 Å². The molecule has 0 aliphatic carbocycles. The Morgan fingerprint density at radius 3 is 2.78 bits per heavy atom. The summed E-state index contributed by atoms with van der Waals surface area (Å²) in [5.41, 5.74) is 5.82. The highest BCUT2D eigenvalue weighted by Crippen LogP contribution is 2.09. The third-order valence-corrected chi connectivity index (χ3v) is 2.85. The molecule has 0 aliphatic rings. The molecule has 0 fully saturated rings. The van der Waals surface area contributed by atoms with Crippen LogP contribution in [0.2, 0.25) is 0 Å². The molecular weight excluding hydrogens is 256 g/mol. The fourth-order valence-corrected chi connectivity index (χ4v) is 1.92. The van der Waals surface area contributed by atoms with Gasteiger partial charge < -0.3 is 10.5 Å². The van der Waals surface area contributed by atoms with Gasteiger partial charge in [0.15, 0.2) is 6.10 Å². The second-order valence-corrected chi connectivity index (χ2v) is 4.40. The van der Waals surface area contributed by atoms with Gasteiger partial charge in [0, 0.05) is 6.42 Å². The van der Waals surface area contributed by atoms with Gasteiger partial charge in [0.05, 0.1) is 0 Å². The maximum absolute atomic E-state index is 11.4. The lowest BCUT2D eigenvalue weighted by atomic mass is 10.2. The molecule has 0 spiro atoms. The summed E-state index contributed by atoms with van der Waals surface area (Å²) in [5.74, 6) is -1.22. The minimum Gasteiger partial charge on any atom is -0.453 e. The highest BCUT2D eigenvalue weighted by molar-refractivity contribution is 7.07. The van der Waals surface area contributed by atoms with Gasteiger partial charge in [-0.25, -0.2) is 4.79 Å². The van der Waals surface area contributed by atoms with E-state index in [4.69, 9.17) is 10.5 Å². The number of aryl methyl sites for hydroxylation is 1. The van der Waals surface area contributed by atoms with Crippen molar-refractivity contribution in [3.8, 4) is 0 Å². The number of carbonyl (C=O) groups excluding carboxylic acids is 3. The smallest absolute Gasteiger partial charge is 0.318 e. The van der Waals surface area contributed by atoms with E-state index in [1.54, 1.807) is 11.3 Å². The molecule has 0 saturated carbocycles. The van der Waals surface area contributed by atoms with Crippen LogP contribution in [0.1, 0.15) is 18.9 Å². The van der Waals surface area contributed by atoms with E-state index < -0.39 is 24.0 Å². The van der Waals surface area contributed by atoms with Gasteiger partial charge in [-0.2, -0.15) is 11.3 Å². The van der Waals surface area contributed by atoms with Crippen molar-refractivity contribution < 1.29 is 19.1 Å². The van der Waals surface area contributed by atoms with Crippen LogP contribution in [0.4, 0.5) is 4.79 Å². The van der Waals surface area contributed by atoms with Crippen molar-refractivity contribution >= 4 is 29.2 Å². The van der Waals surface area contributed by atoms with Crippen molar-refractivity contribution in [2.75, 3.05) is 0 Å². The quantitative estimate of drug-likeness (QED) is 0.773. The summed E-state index contributed by atoms with van der Waals surface area (Å²) in [6, 6.07) is 0.947. The molecule has 0 unspecified atom stereocenters. The zero-order valence-electron chi connectivity index (χ0n) is 9.84. The minimum atomic E-state index is -1.03. The van der Waals surface area contributed by atoms with Crippen LogP contribution in [0.15, 0.2) is 16.8 Å². The first-order chi connectivity index (χ1) is 8.49. The minimum absolute atomic E-state index is 0.185. The summed E-state index contributed by atoms with van der Waals surface area (Å²) < 4.78 is 4.86. The lowest BCUT2D eigenvalue weighted by molar-refractivity contribution is -0.154. The Morgan fingerprint density at radius 1 is 1.50 bits per heavy atom. The molecular formula is C11H14N2O4S. The molecule has 0 radical (unpaired) electrons. The third-order valence-electron chi connectivity index (χ3n) is 2.12. The number of amides is 3. The van der Waals surface area contributed by atoms with Crippen molar-refractivity contribution in [1.29, 1.82) is 0 Å². The van der Waals surface area contributed by atoms with Crippen molar-refractivity contribution in [2.45, 2.75) is 25.9 Å². The molecule has 0 aromatic carbocycles. The average Bonchev–Trinajstić information content (AvgIpc) is 2.78. The van der Waals surface area contributed by atoms with Crippen molar-refractivity contribution in [3.63, 3.8) is 0 Å². The van der Waals surface area contributed by atoms with E-state index in [9.17, 15) is 14.4 Å². The number of thiophene rings is 1. The number of ether oxygens (including phenoxy) is 1. The summed E-state index contributed by atoms with van der Waals surface area (Å²) in [5, 5.41) is 5.70. The molecule has 1 aromatic heterocycles. The van der Waals surface area contributed by atoms with E-state index in [-0.39, 0.29) is 6.42 Å². The standard InChI is InChI=1S/C11H14N2O4S/c1-7(10(15)13-11(12)16)17-9(14)3-2-8-4-5-18-6-8/h4-7H,2-3H2,1H3,(H3,12,13,15,16)/t7-/m0/s1. The molecule has 0 aliphatic heterocycles. The number of primary amides is 1. The number of nitrogens with one attached hydrogen (secondary N) is 1. The van der Waals surface area contributed by atoms with Crippen molar-refractivity contribution in [3.05, 3.63) is 22.4 Å². The average molecular weight is 270 g/mol. The molecule has 6 nitrogen and oxygen atoms in total. The fourth-order valence-electron chi connectivity index (χ4n) is 1.21. The van der Waals surface area contributed by atoms with Gasteiger partial charge in [-0.1, -0.05) is 0 Å². The number of imide groups is 1. The van der Waals surface area contributed by atoms with Crippen LogP contribution >= 0.6 is 11.3 Å². The molecule has 98 valence electrons. The summed E-state index contributed by atoms with van der Waals surface area (Å²) in [6.07, 6.45) is -0.287. The molecule has 7 heteroatoms. The third kappa shape index (κ3) is 4.96. The van der Waals surface area contributed by atoms with Gasteiger partial charge in [0.1, 0.15) is 0 Å². The van der Waals surface area contributed by atoms with Gasteiger partial charge in [0.2, 0.25) is 0 Å². The van der Waals surface area contributed by atoms with Gasteiger partial charge in [0.25, 0.3) is 5.91 Å². The number of urea groups is 1. The highest BCUT2D eigenvalue weighted by atomic mass is 32.1. The summed E-state index contributed by atoms with van der Waals surface area (Å²) in [7, 11) is 0. The SMILES string of the molecule is C[C@H](OC(=O)CCc1ccsc1)C(=O)NC(N)=O. The zero-order valence-corrected chi connectivity index (χ0v) is 10.7. The summed E-state index contributed by atoms with van der Waals surface area (Å²) in [4.78, 5) is 33.1. The van der Waals surface area contributed by atoms with Gasteiger partial charge >= 0.3 is 12.0 Å². The van der Waals surface area contributed by atoms with Crippen LogP contribution in [0.3, 0.4) is 0 Å². The Bertz CT molecular complexity index is 430. The maximum atomic E-state index is 11.4. The number of hydrogen-bond donors (Lipinski definition) is 2.